The van der Waals surface area contributed by atoms with Crippen LogP contribution in [0.2, 0.25) is 0 Å². The number of fused-ring (bicyclic) bond motifs is 1. The lowest BCUT2D eigenvalue weighted by atomic mass is 10.1. The van der Waals surface area contributed by atoms with Gasteiger partial charge < -0.3 is 19.9 Å². The molecule has 0 unspecified atom stereocenters. The average molecular weight is 421 g/mol. The third-order valence-corrected chi connectivity index (χ3v) is 5.42. The summed E-state index contributed by atoms with van der Waals surface area (Å²) in [6.07, 6.45) is 0. The maximum Gasteiger partial charge on any atom is 0.338 e. The molecule has 2 aromatic carbocycles. The van der Waals surface area contributed by atoms with Crippen molar-refractivity contribution in [3.63, 3.8) is 0 Å². The van der Waals surface area contributed by atoms with E-state index in [9.17, 15) is 14.4 Å². The number of nitrogens with zero attached hydrogens (tertiary/aromatic N) is 1. The van der Waals surface area contributed by atoms with Crippen LogP contribution in [0.4, 0.5) is 5.69 Å². The molecule has 0 aliphatic carbocycles. The van der Waals surface area contributed by atoms with Crippen molar-refractivity contribution in [3.8, 4) is 0 Å². The molecule has 7 nitrogen and oxygen atoms in total. The summed E-state index contributed by atoms with van der Waals surface area (Å²) in [4.78, 5) is 41.5. The van der Waals surface area contributed by atoms with Gasteiger partial charge in [-0.05, 0) is 62.6 Å². The van der Waals surface area contributed by atoms with Gasteiger partial charge in [-0.15, -0.1) is 0 Å². The quantitative estimate of drug-likeness (QED) is 0.594. The topological polar surface area (TPSA) is 91.5 Å². The van der Waals surface area contributed by atoms with Crippen LogP contribution in [0.5, 0.6) is 0 Å². The van der Waals surface area contributed by atoms with E-state index in [4.69, 9.17) is 4.74 Å². The second kappa shape index (κ2) is 9.04. The Bertz CT molecular complexity index is 1140. The van der Waals surface area contributed by atoms with Crippen LogP contribution in [0.25, 0.3) is 10.9 Å². The molecular formula is C24H27N3O4. The highest BCUT2D eigenvalue weighted by atomic mass is 16.5. The molecule has 1 heterocycles. The van der Waals surface area contributed by atoms with Crippen LogP contribution in [0, 0.1) is 27.7 Å². The van der Waals surface area contributed by atoms with Gasteiger partial charge in [-0.1, -0.05) is 18.2 Å². The molecule has 31 heavy (non-hydrogen) atoms. The number of para-hydroxylation sites is 1. The number of hydrogen-bond donors (Lipinski definition) is 2. The van der Waals surface area contributed by atoms with Crippen molar-refractivity contribution >= 4 is 34.4 Å². The Morgan fingerprint density at radius 2 is 1.71 bits per heavy atom. The lowest BCUT2D eigenvalue weighted by Gasteiger charge is -2.18. The largest absolute Gasteiger partial charge is 0.452 e. The molecule has 0 spiro atoms. The Balaban J connectivity index is 1.55. The minimum absolute atomic E-state index is 0.141. The van der Waals surface area contributed by atoms with Gasteiger partial charge in [0, 0.05) is 29.3 Å². The summed E-state index contributed by atoms with van der Waals surface area (Å²) in [5, 5.41) is 3.78. The SMILES string of the molecule is Cc1cccc(C)c1NC(=O)CN(C)C(=O)COC(=O)c1ccc2[nH]c(C)c(C)c2c1. The Morgan fingerprint density at radius 3 is 2.39 bits per heavy atom. The number of nitrogens with one attached hydrogen (secondary N) is 2. The lowest BCUT2D eigenvalue weighted by Crippen LogP contribution is -2.37. The molecule has 0 aliphatic heterocycles. The molecule has 3 rings (SSSR count). The summed E-state index contributed by atoms with van der Waals surface area (Å²) in [5.74, 6) is -1.36. The fourth-order valence-electron chi connectivity index (χ4n) is 3.40. The second-order valence-electron chi connectivity index (χ2n) is 7.78. The Morgan fingerprint density at radius 1 is 1.03 bits per heavy atom. The maximum absolute atomic E-state index is 12.4. The molecule has 2 amide bonds. The van der Waals surface area contributed by atoms with Crippen LogP contribution >= 0.6 is 0 Å². The lowest BCUT2D eigenvalue weighted by molar-refractivity contribution is -0.136. The van der Waals surface area contributed by atoms with Crippen LogP contribution in [-0.2, 0) is 14.3 Å². The molecule has 0 aliphatic rings. The number of aromatic amines is 1. The monoisotopic (exact) mass is 421 g/mol. The van der Waals surface area contributed by atoms with Crippen LogP contribution in [0.3, 0.4) is 0 Å². The number of benzene rings is 2. The van der Waals surface area contributed by atoms with Gasteiger partial charge in [0.1, 0.15) is 0 Å². The van der Waals surface area contributed by atoms with Gasteiger partial charge in [-0.2, -0.15) is 0 Å². The van der Waals surface area contributed by atoms with Crippen molar-refractivity contribution in [3.05, 3.63) is 64.3 Å². The van der Waals surface area contributed by atoms with E-state index in [0.29, 0.717) is 5.56 Å². The third kappa shape index (κ3) is 4.94. The number of aryl methyl sites for hydroxylation is 4. The zero-order valence-corrected chi connectivity index (χ0v) is 18.5. The van der Waals surface area contributed by atoms with E-state index >= 15 is 0 Å². The van der Waals surface area contributed by atoms with Gasteiger partial charge >= 0.3 is 5.97 Å². The number of amides is 2. The van der Waals surface area contributed by atoms with Crippen molar-refractivity contribution in [2.45, 2.75) is 27.7 Å². The molecule has 0 bridgehead atoms. The van der Waals surface area contributed by atoms with Gasteiger partial charge in [0.25, 0.3) is 5.91 Å². The summed E-state index contributed by atoms with van der Waals surface area (Å²) < 4.78 is 5.17. The molecule has 0 radical (unpaired) electrons. The molecule has 0 atom stereocenters. The van der Waals surface area contributed by atoms with Gasteiger partial charge in [0.2, 0.25) is 5.91 Å². The smallest absolute Gasteiger partial charge is 0.338 e. The molecule has 0 saturated heterocycles. The fourth-order valence-corrected chi connectivity index (χ4v) is 3.40. The molecule has 162 valence electrons. The van der Waals surface area contributed by atoms with Crippen molar-refractivity contribution in [1.82, 2.24) is 9.88 Å². The molecule has 0 fully saturated rings. The van der Waals surface area contributed by atoms with E-state index in [1.807, 2.05) is 52.0 Å². The normalized spacial score (nSPS) is 10.7. The zero-order chi connectivity index (χ0) is 22.7. The van der Waals surface area contributed by atoms with E-state index in [1.165, 1.54) is 11.9 Å². The van der Waals surface area contributed by atoms with Gasteiger partial charge in [-0.25, -0.2) is 4.79 Å². The molecular weight excluding hydrogens is 394 g/mol. The summed E-state index contributed by atoms with van der Waals surface area (Å²) in [6, 6.07) is 11.0. The highest BCUT2D eigenvalue weighted by molar-refractivity contribution is 5.98. The first-order valence-electron chi connectivity index (χ1n) is 10.0. The van der Waals surface area contributed by atoms with Crippen LogP contribution in [-0.4, -0.2) is 47.9 Å². The highest BCUT2D eigenvalue weighted by Crippen LogP contribution is 2.23. The van der Waals surface area contributed by atoms with Crippen molar-refractivity contribution < 1.29 is 19.1 Å². The van der Waals surface area contributed by atoms with E-state index < -0.39 is 18.5 Å². The summed E-state index contributed by atoms with van der Waals surface area (Å²) in [6.45, 7) is 7.19. The number of ether oxygens (including phenoxy) is 1. The number of carbonyl (C=O) groups excluding carboxylic acids is 3. The van der Waals surface area contributed by atoms with Crippen LogP contribution in [0.15, 0.2) is 36.4 Å². The number of rotatable bonds is 6. The van der Waals surface area contributed by atoms with E-state index in [-0.39, 0.29) is 12.5 Å². The molecule has 3 aromatic rings. The highest BCUT2D eigenvalue weighted by Gasteiger charge is 2.17. The fraction of sp³-hybridized carbons (Fsp3) is 0.292. The Labute approximate surface area is 181 Å². The minimum atomic E-state index is -0.582. The maximum atomic E-state index is 12.4. The first kappa shape index (κ1) is 22.1. The standard InChI is InChI=1S/C24H27N3O4/c1-14-7-6-8-15(2)23(14)26-21(28)12-27(5)22(29)13-31-24(30)18-9-10-20-19(11-18)16(3)17(4)25-20/h6-11,25H,12-13H2,1-5H3,(H,26,28). The van der Waals surface area contributed by atoms with Gasteiger partial charge in [0.15, 0.2) is 6.61 Å². The number of carbonyl (C=O) groups is 3. The Hall–Kier alpha value is -3.61. The number of H-pyrrole nitrogens is 1. The second-order valence-corrected chi connectivity index (χ2v) is 7.78. The van der Waals surface area contributed by atoms with Crippen molar-refractivity contribution in [1.29, 1.82) is 0 Å². The first-order valence-corrected chi connectivity index (χ1v) is 10.0. The number of anilines is 1. The average Bonchev–Trinajstić information content (AvgIpc) is 3.02. The first-order chi connectivity index (χ1) is 14.7. The molecule has 0 saturated carbocycles. The number of esters is 1. The van der Waals surface area contributed by atoms with Crippen LogP contribution < -0.4 is 5.32 Å². The summed E-state index contributed by atoms with van der Waals surface area (Å²) >= 11 is 0. The predicted octanol–water partition coefficient (Wildman–Crippen LogP) is 3.66. The Kier molecular flexibility index (Phi) is 6.44. The number of hydrogen-bond acceptors (Lipinski definition) is 4. The van der Waals surface area contributed by atoms with E-state index in [0.717, 1.165) is 39.0 Å². The minimum Gasteiger partial charge on any atom is -0.452 e. The summed E-state index contributed by atoms with van der Waals surface area (Å²) in [7, 11) is 1.50. The zero-order valence-electron chi connectivity index (χ0n) is 18.5. The summed E-state index contributed by atoms with van der Waals surface area (Å²) in [5.41, 5.74) is 6.05. The van der Waals surface area contributed by atoms with Gasteiger partial charge in [-0.3, -0.25) is 9.59 Å². The molecule has 1 aromatic heterocycles. The van der Waals surface area contributed by atoms with E-state index in [2.05, 4.69) is 10.3 Å². The third-order valence-electron chi connectivity index (χ3n) is 5.42. The van der Waals surface area contributed by atoms with Crippen LogP contribution in [0.1, 0.15) is 32.7 Å². The van der Waals surface area contributed by atoms with Gasteiger partial charge in [0.05, 0.1) is 12.1 Å². The van der Waals surface area contributed by atoms with E-state index in [1.54, 1.807) is 12.1 Å². The number of aromatic nitrogens is 1. The van der Waals surface area contributed by atoms with Crippen molar-refractivity contribution in [2.24, 2.45) is 0 Å². The predicted molar refractivity (Wildman–Crippen MR) is 120 cm³/mol. The molecule has 7 heteroatoms. The molecule has 2 N–H and O–H groups in total. The van der Waals surface area contributed by atoms with Crippen molar-refractivity contribution in [2.75, 3.05) is 25.5 Å². The number of likely N-dealkylation sites (N-methyl/N-ethyl adjacent to an activating group) is 1.